The van der Waals surface area contributed by atoms with Crippen molar-refractivity contribution in [3.05, 3.63) is 22.2 Å². The average molecular weight is 286 g/mol. The van der Waals surface area contributed by atoms with Crippen LogP contribution < -0.4 is 10.5 Å². The first-order chi connectivity index (χ1) is 7.58. The quantitative estimate of drug-likeness (QED) is 0.879. The molecule has 1 aromatic carbocycles. The van der Waals surface area contributed by atoms with Crippen molar-refractivity contribution in [3.8, 4) is 11.5 Å². The number of hydrogen-bond donors (Lipinski definition) is 2. The summed E-state index contributed by atoms with van der Waals surface area (Å²) in [6, 6.07) is 3.70. The number of rotatable bonds is 2. The maximum Gasteiger partial charge on any atom is 0.138 e. The molecule has 1 fully saturated rings. The Morgan fingerprint density at radius 3 is 2.56 bits per heavy atom. The summed E-state index contributed by atoms with van der Waals surface area (Å²) in [4.78, 5) is 0. The minimum atomic E-state index is -0.376. The number of hydrogen-bond acceptors (Lipinski definition) is 3. The molecule has 1 aromatic rings. The fourth-order valence-corrected chi connectivity index (χ4v) is 2.89. The second kappa shape index (κ2) is 4.26. The standard InChI is InChI=1S/C12H16BrNO2/c1-16-9-5-4-8(11(15)10(9)13)12(14)6-2-3-7-12/h4-5,15H,2-3,6-7,14H2,1H3. The lowest BCUT2D eigenvalue weighted by Gasteiger charge is -2.26. The van der Waals surface area contributed by atoms with Gasteiger partial charge in [-0.05, 0) is 40.9 Å². The lowest BCUT2D eigenvalue weighted by Crippen LogP contribution is -2.33. The summed E-state index contributed by atoms with van der Waals surface area (Å²) in [5.41, 5.74) is 6.76. The number of phenols is 1. The third-order valence-electron chi connectivity index (χ3n) is 3.33. The highest BCUT2D eigenvalue weighted by atomic mass is 79.9. The topological polar surface area (TPSA) is 55.5 Å². The monoisotopic (exact) mass is 285 g/mol. The molecule has 4 heteroatoms. The van der Waals surface area contributed by atoms with E-state index >= 15 is 0 Å². The van der Waals surface area contributed by atoms with Crippen molar-refractivity contribution in [2.75, 3.05) is 7.11 Å². The van der Waals surface area contributed by atoms with Crippen LogP contribution in [0, 0.1) is 0 Å². The predicted molar refractivity (Wildman–Crippen MR) is 66.7 cm³/mol. The number of ether oxygens (including phenoxy) is 1. The number of aromatic hydroxyl groups is 1. The molecule has 16 heavy (non-hydrogen) atoms. The molecule has 1 aliphatic carbocycles. The van der Waals surface area contributed by atoms with Crippen molar-refractivity contribution < 1.29 is 9.84 Å². The van der Waals surface area contributed by atoms with Gasteiger partial charge in [-0.15, -0.1) is 0 Å². The van der Waals surface area contributed by atoms with E-state index < -0.39 is 0 Å². The van der Waals surface area contributed by atoms with Gasteiger partial charge in [-0.3, -0.25) is 0 Å². The van der Waals surface area contributed by atoms with Crippen LogP contribution in [0.25, 0.3) is 0 Å². The number of nitrogens with two attached hydrogens (primary N) is 1. The number of methoxy groups -OCH3 is 1. The van der Waals surface area contributed by atoms with Crippen LogP contribution in [0.2, 0.25) is 0 Å². The largest absolute Gasteiger partial charge is 0.506 e. The van der Waals surface area contributed by atoms with Gasteiger partial charge in [0.05, 0.1) is 7.11 Å². The van der Waals surface area contributed by atoms with Crippen molar-refractivity contribution >= 4 is 15.9 Å². The fraction of sp³-hybridized carbons (Fsp3) is 0.500. The average Bonchev–Trinajstić information content (AvgIpc) is 2.70. The Balaban J connectivity index is 2.46. The number of benzene rings is 1. The van der Waals surface area contributed by atoms with E-state index in [9.17, 15) is 5.11 Å². The molecule has 0 atom stereocenters. The van der Waals surface area contributed by atoms with Gasteiger partial charge in [0, 0.05) is 11.1 Å². The summed E-state index contributed by atoms with van der Waals surface area (Å²) in [7, 11) is 1.58. The van der Waals surface area contributed by atoms with Crippen LogP contribution in [0.4, 0.5) is 0 Å². The summed E-state index contributed by atoms with van der Waals surface area (Å²) in [5, 5.41) is 10.1. The molecule has 0 aromatic heterocycles. The van der Waals surface area contributed by atoms with Crippen LogP contribution in [0.3, 0.4) is 0 Å². The summed E-state index contributed by atoms with van der Waals surface area (Å²) >= 11 is 3.33. The zero-order valence-electron chi connectivity index (χ0n) is 9.29. The first kappa shape index (κ1) is 11.7. The molecule has 3 nitrogen and oxygen atoms in total. The molecule has 0 amide bonds. The van der Waals surface area contributed by atoms with Gasteiger partial charge in [-0.25, -0.2) is 0 Å². The van der Waals surface area contributed by atoms with Crippen molar-refractivity contribution in [3.63, 3.8) is 0 Å². The summed E-state index contributed by atoms with van der Waals surface area (Å²) in [6.45, 7) is 0. The zero-order chi connectivity index (χ0) is 11.8. The highest BCUT2D eigenvalue weighted by Gasteiger charge is 2.34. The van der Waals surface area contributed by atoms with Crippen LogP contribution >= 0.6 is 15.9 Å². The Morgan fingerprint density at radius 2 is 2.00 bits per heavy atom. The van der Waals surface area contributed by atoms with E-state index in [0.717, 1.165) is 31.2 Å². The van der Waals surface area contributed by atoms with E-state index in [4.69, 9.17) is 10.5 Å². The van der Waals surface area contributed by atoms with Crippen molar-refractivity contribution in [1.29, 1.82) is 0 Å². The highest BCUT2D eigenvalue weighted by Crippen LogP contribution is 2.45. The first-order valence-corrected chi connectivity index (χ1v) is 6.22. The van der Waals surface area contributed by atoms with Gasteiger partial charge >= 0.3 is 0 Å². The summed E-state index contributed by atoms with van der Waals surface area (Å²) in [5.74, 6) is 0.839. The highest BCUT2D eigenvalue weighted by molar-refractivity contribution is 9.10. The van der Waals surface area contributed by atoms with Crippen molar-refractivity contribution in [2.45, 2.75) is 31.2 Å². The normalized spacial score (nSPS) is 18.7. The first-order valence-electron chi connectivity index (χ1n) is 5.43. The van der Waals surface area contributed by atoms with Gasteiger partial charge in [-0.2, -0.15) is 0 Å². The molecular formula is C12H16BrNO2. The lowest BCUT2D eigenvalue weighted by molar-refractivity contribution is 0.386. The smallest absolute Gasteiger partial charge is 0.138 e. The lowest BCUT2D eigenvalue weighted by atomic mass is 9.88. The van der Waals surface area contributed by atoms with Crippen molar-refractivity contribution in [2.24, 2.45) is 5.73 Å². The van der Waals surface area contributed by atoms with Gasteiger partial charge in [0.2, 0.25) is 0 Å². The molecule has 88 valence electrons. The van der Waals surface area contributed by atoms with E-state index in [1.54, 1.807) is 7.11 Å². The van der Waals surface area contributed by atoms with Gasteiger partial charge in [0.1, 0.15) is 16.0 Å². The van der Waals surface area contributed by atoms with Crippen LogP contribution in [0.1, 0.15) is 31.2 Å². The maximum atomic E-state index is 10.1. The Kier molecular flexibility index (Phi) is 3.13. The minimum Gasteiger partial charge on any atom is -0.506 e. The molecule has 0 radical (unpaired) electrons. The van der Waals surface area contributed by atoms with E-state index in [-0.39, 0.29) is 11.3 Å². The predicted octanol–water partition coefficient (Wildman–Crippen LogP) is 2.89. The molecule has 0 saturated heterocycles. The summed E-state index contributed by atoms with van der Waals surface area (Å²) in [6.07, 6.45) is 4.11. The number of halogens is 1. The van der Waals surface area contributed by atoms with Gasteiger partial charge in [-0.1, -0.05) is 12.8 Å². The molecule has 0 aliphatic heterocycles. The second-order valence-electron chi connectivity index (χ2n) is 4.34. The van der Waals surface area contributed by atoms with E-state index in [2.05, 4.69) is 15.9 Å². The second-order valence-corrected chi connectivity index (χ2v) is 5.13. The van der Waals surface area contributed by atoms with Gasteiger partial charge in [0.25, 0.3) is 0 Å². The Hall–Kier alpha value is -0.740. The number of phenolic OH excluding ortho intramolecular Hbond substituents is 1. The van der Waals surface area contributed by atoms with Crippen LogP contribution in [-0.4, -0.2) is 12.2 Å². The SMILES string of the molecule is COc1ccc(C2(N)CCCC2)c(O)c1Br. The van der Waals surface area contributed by atoms with Crippen LogP contribution in [0.15, 0.2) is 16.6 Å². The molecule has 0 spiro atoms. The minimum absolute atomic E-state index is 0.212. The molecule has 0 bridgehead atoms. The molecule has 1 aliphatic rings. The molecule has 0 unspecified atom stereocenters. The molecule has 1 saturated carbocycles. The van der Waals surface area contributed by atoms with Crippen LogP contribution in [-0.2, 0) is 5.54 Å². The molecular weight excluding hydrogens is 270 g/mol. The molecule has 3 N–H and O–H groups in total. The van der Waals surface area contributed by atoms with E-state index in [1.807, 2.05) is 12.1 Å². The Labute approximate surface area is 104 Å². The fourth-order valence-electron chi connectivity index (χ4n) is 2.38. The Morgan fingerprint density at radius 1 is 1.38 bits per heavy atom. The molecule has 2 rings (SSSR count). The third-order valence-corrected chi connectivity index (χ3v) is 4.10. The third kappa shape index (κ3) is 1.80. The zero-order valence-corrected chi connectivity index (χ0v) is 10.9. The summed E-state index contributed by atoms with van der Waals surface area (Å²) < 4.78 is 5.72. The van der Waals surface area contributed by atoms with E-state index in [1.165, 1.54) is 0 Å². The van der Waals surface area contributed by atoms with Gasteiger partial charge < -0.3 is 15.6 Å². The van der Waals surface area contributed by atoms with Gasteiger partial charge in [0.15, 0.2) is 0 Å². The van der Waals surface area contributed by atoms with Crippen molar-refractivity contribution in [1.82, 2.24) is 0 Å². The molecule has 0 heterocycles. The van der Waals surface area contributed by atoms with Crippen LogP contribution in [0.5, 0.6) is 11.5 Å². The maximum absolute atomic E-state index is 10.1. The Bertz CT molecular complexity index is 400. The van der Waals surface area contributed by atoms with E-state index in [0.29, 0.717) is 10.2 Å².